The molecule has 2 aliphatic heterocycles. The quantitative estimate of drug-likeness (QED) is 0.231. The molecule has 0 aromatic heterocycles. The van der Waals surface area contributed by atoms with Gasteiger partial charge in [0.05, 0.1) is 19.6 Å². The van der Waals surface area contributed by atoms with Gasteiger partial charge in [-0.25, -0.2) is 9.59 Å². The second-order valence-corrected chi connectivity index (χ2v) is 12.3. The Morgan fingerprint density at radius 1 is 0.864 bits per heavy atom. The molecule has 3 aromatic carbocycles. The van der Waals surface area contributed by atoms with E-state index in [1.54, 1.807) is 59.1 Å². The second kappa shape index (κ2) is 12.4. The number of methoxy groups -OCH3 is 1. The van der Waals surface area contributed by atoms with E-state index in [1.165, 1.54) is 4.90 Å². The van der Waals surface area contributed by atoms with E-state index in [1.807, 2.05) is 60.7 Å². The van der Waals surface area contributed by atoms with Crippen LogP contribution < -0.4 is 4.74 Å². The van der Waals surface area contributed by atoms with Gasteiger partial charge in [-0.15, -0.1) is 0 Å². The van der Waals surface area contributed by atoms with Crippen LogP contribution in [0.3, 0.4) is 0 Å². The topological polar surface area (TPSA) is 101 Å². The predicted octanol–water partition coefficient (Wildman–Crippen LogP) is 5.20. The summed E-state index contributed by atoms with van der Waals surface area (Å²) in [5.74, 6) is -2.51. The Kier molecular flexibility index (Phi) is 8.81. The number of benzene rings is 3. The summed E-state index contributed by atoms with van der Waals surface area (Å²) in [4.78, 5) is 44.6. The van der Waals surface area contributed by atoms with Gasteiger partial charge in [-0.3, -0.25) is 4.79 Å². The molecule has 1 amide bonds. The first-order chi connectivity index (χ1) is 21.0. The number of carbonyl (C=O) groups excluding carboxylic acids is 3. The normalized spacial score (nSPS) is 24.6. The molecule has 9 nitrogen and oxygen atoms in total. The number of carbonyl (C=O) groups is 3. The minimum absolute atomic E-state index is 0.0620. The number of likely N-dealkylation sites (tertiary alicyclic amines) is 1. The lowest BCUT2D eigenvalue weighted by Gasteiger charge is -2.43. The van der Waals surface area contributed by atoms with Crippen LogP contribution in [-0.2, 0) is 53.1 Å². The summed E-state index contributed by atoms with van der Waals surface area (Å²) in [6.45, 7) is 6.80. The van der Waals surface area contributed by atoms with Crippen LogP contribution in [0.1, 0.15) is 50.8 Å². The summed E-state index contributed by atoms with van der Waals surface area (Å²) in [5.41, 5.74) is -2.57. The average Bonchev–Trinajstić information content (AvgIpc) is 3.43. The highest BCUT2D eigenvalue weighted by Crippen LogP contribution is 2.55. The fourth-order valence-corrected chi connectivity index (χ4v) is 5.98. The smallest absolute Gasteiger partial charge is 0.347 e. The van der Waals surface area contributed by atoms with Gasteiger partial charge in [0.1, 0.15) is 23.6 Å². The van der Waals surface area contributed by atoms with Crippen molar-refractivity contribution in [3.05, 3.63) is 102 Å². The Labute approximate surface area is 258 Å². The van der Waals surface area contributed by atoms with Crippen molar-refractivity contribution >= 4 is 17.8 Å². The molecule has 0 N–H and O–H groups in total. The van der Waals surface area contributed by atoms with Crippen LogP contribution in [0.25, 0.3) is 0 Å². The lowest BCUT2D eigenvalue weighted by Crippen LogP contribution is -2.69. The van der Waals surface area contributed by atoms with E-state index < -0.39 is 46.8 Å². The number of rotatable bonds is 10. The number of ether oxygens (including phenoxy) is 5. The molecular formula is C35H39NO8. The monoisotopic (exact) mass is 601 g/mol. The van der Waals surface area contributed by atoms with Crippen LogP contribution in [0.15, 0.2) is 84.9 Å². The third-order valence-corrected chi connectivity index (χ3v) is 8.14. The lowest BCUT2D eigenvalue weighted by atomic mass is 9.76. The molecule has 2 fully saturated rings. The maximum Gasteiger partial charge on any atom is 0.347 e. The van der Waals surface area contributed by atoms with E-state index >= 15 is 0 Å². The zero-order valence-electron chi connectivity index (χ0n) is 25.8. The second-order valence-electron chi connectivity index (χ2n) is 12.3. The Morgan fingerprint density at radius 2 is 1.45 bits per heavy atom. The van der Waals surface area contributed by atoms with Gasteiger partial charge in [0.2, 0.25) is 5.91 Å². The van der Waals surface area contributed by atoms with Gasteiger partial charge in [-0.1, -0.05) is 72.8 Å². The fourth-order valence-electron chi connectivity index (χ4n) is 5.98. The van der Waals surface area contributed by atoms with E-state index in [0.29, 0.717) is 11.3 Å². The van der Waals surface area contributed by atoms with Crippen molar-refractivity contribution in [3.63, 3.8) is 0 Å². The van der Waals surface area contributed by atoms with Crippen LogP contribution in [0.2, 0.25) is 0 Å². The Bertz CT molecular complexity index is 1470. The zero-order chi connectivity index (χ0) is 31.5. The van der Waals surface area contributed by atoms with E-state index in [2.05, 4.69) is 0 Å². The molecule has 2 saturated heterocycles. The minimum atomic E-state index is -2.26. The summed E-state index contributed by atoms with van der Waals surface area (Å²) in [6.07, 6.45) is -0.696. The molecule has 2 heterocycles. The van der Waals surface area contributed by atoms with Crippen molar-refractivity contribution in [2.45, 2.75) is 76.9 Å². The molecule has 0 spiro atoms. The van der Waals surface area contributed by atoms with Crippen molar-refractivity contribution in [1.82, 2.24) is 4.90 Å². The Balaban J connectivity index is 1.56. The summed E-state index contributed by atoms with van der Waals surface area (Å²) in [7, 11) is 1.56. The number of amides is 1. The standard InChI is InChI=1S/C35H39NO8/c1-33(2,3)44-32(39)35(31(38)42-23-26-14-10-7-11-15-26)34(4)28(20-29(43-34)41-22-25-12-8-6-9-13-25)30(37)36(35)21-24-16-18-27(40-5)19-17-24/h6-19,28-29H,20-23H2,1-5H3/t28-,29?,34-,35-/m0/s1. The zero-order valence-corrected chi connectivity index (χ0v) is 25.8. The van der Waals surface area contributed by atoms with Crippen molar-refractivity contribution in [2.75, 3.05) is 7.11 Å². The minimum Gasteiger partial charge on any atom is -0.497 e. The summed E-state index contributed by atoms with van der Waals surface area (Å²) < 4.78 is 29.6. The number of hydrogen-bond acceptors (Lipinski definition) is 8. The molecule has 4 atom stereocenters. The third kappa shape index (κ3) is 5.94. The van der Waals surface area contributed by atoms with E-state index in [4.69, 9.17) is 23.7 Å². The van der Waals surface area contributed by atoms with E-state index in [-0.39, 0.29) is 26.2 Å². The first-order valence-corrected chi connectivity index (χ1v) is 14.7. The lowest BCUT2D eigenvalue weighted by molar-refractivity contribution is -0.223. The Hall–Kier alpha value is -4.21. The third-order valence-electron chi connectivity index (χ3n) is 8.14. The van der Waals surface area contributed by atoms with Crippen LogP contribution in [-0.4, -0.2) is 52.9 Å². The van der Waals surface area contributed by atoms with Gasteiger partial charge < -0.3 is 28.6 Å². The fraction of sp³-hybridized carbons (Fsp3) is 0.400. The van der Waals surface area contributed by atoms with Crippen molar-refractivity contribution in [1.29, 1.82) is 0 Å². The summed E-state index contributed by atoms with van der Waals surface area (Å²) in [5, 5.41) is 0. The van der Waals surface area contributed by atoms with Crippen molar-refractivity contribution in [2.24, 2.45) is 5.92 Å². The molecule has 0 bridgehead atoms. The molecule has 3 aromatic rings. The van der Waals surface area contributed by atoms with Gasteiger partial charge >= 0.3 is 11.9 Å². The first-order valence-electron chi connectivity index (χ1n) is 14.7. The van der Waals surface area contributed by atoms with E-state index in [0.717, 1.165) is 11.1 Å². The molecule has 0 saturated carbocycles. The van der Waals surface area contributed by atoms with Crippen LogP contribution in [0.4, 0.5) is 0 Å². The Morgan fingerprint density at radius 3 is 2.02 bits per heavy atom. The first kappa shape index (κ1) is 31.2. The van der Waals surface area contributed by atoms with E-state index in [9.17, 15) is 14.4 Å². The average molecular weight is 602 g/mol. The SMILES string of the molecule is COc1ccc(CN2C(=O)[C@@H]3CC(OCc4ccccc4)O[C@]3(C)[C@]2(C(=O)OCc2ccccc2)C(=O)OC(C)(C)C)cc1. The molecule has 2 aliphatic rings. The molecule has 0 aliphatic carbocycles. The highest BCUT2D eigenvalue weighted by molar-refractivity contribution is 6.13. The van der Waals surface area contributed by atoms with Crippen LogP contribution >= 0.6 is 0 Å². The van der Waals surface area contributed by atoms with Gasteiger partial charge in [0.15, 0.2) is 6.29 Å². The maximum atomic E-state index is 14.5. The molecule has 5 rings (SSSR count). The number of hydrogen-bond donors (Lipinski definition) is 0. The van der Waals surface area contributed by atoms with Gasteiger partial charge in [0, 0.05) is 13.0 Å². The highest BCUT2D eigenvalue weighted by atomic mass is 16.7. The molecule has 9 heteroatoms. The summed E-state index contributed by atoms with van der Waals surface area (Å²) in [6, 6.07) is 25.8. The van der Waals surface area contributed by atoms with Crippen molar-refractivity contribution in [3.8, 4) is 5.75 Å². The van der Waals surface area contributed by atoms with Gasteiger partial charge in [-0.2, -0.15) is 0 Å². The van der Waals surface area contributed by atoms with Crippen LogP contribution in [0, 0.1) is 5.92 Å². The van der Waals surface area contributed by atoms with Gasteiger partial charge in [0.25, 0.3) is 5.54 Å². The van der Waals surface area contributed by atoms with Crippen LogP contribution in [0.5, 0.6) is 5.75 Å². The highest BCUT2D eigenvalue weighted by Gasteiger charge is 2.79. The summed E-state index contributed by atoms with van der Waals surface area (Å²) >= 11 is 0. The number of esters is 2. The molecule has 0 radical (unpaired) electrons. The maximum absolute atomic E-state index is 14.5. The number of nitrogens with zero attached hydrogens (tertiary/aromatic N) is 1. The molecule has 232 valence electrons. The number of fused-ring (bicyclic) bond motifs is 1. The predicted molar refractivity (Wildman–Crippen MR) is 161 cm³/mol. The van der Waals surface area contributed by atoms with Gasteiger partial charge in [-0.05, 0) is 56.5 Å². The molecular weight excluding hydrogens is 562 g/mol. The largest absolute Gasteiger partial charge is 0.497 e. The molecule has 1 unspecified atom stereocenters. The molecule has 44 heavy (non-hydrogen) atoms. The van der Waals surface area contributed by atoms with Crippen molar-refractivity contribution < 1.29 is 38.1 Å².